The van der Waals surface area contributed by atoms with Gasteiger partial charge in [-0.3, -0.25) is 9.78 Å². The van der Waals surface area contributed by atoms with Gasteiger partial charge in [0, 0.05) is 12.6 Å². The molecule has 0 aliphatic carbocycles. The van der Waals surface area contributed by atoms with E-state index in [0.717, 1.165) is 12.1 Å². The van der Waals surface area contributed by atoms with Crippen molar-refractivity contribution >= 4 is 5.78 Å². The Labute approximate surface area is 131 Å². The normalized spacial score (nSPS) is 12.4. The summed E-state index contributed by atoms with van der Waals surface area (Å²) < 4.78 is 37.4. The topological polar surface area (TPSA) is 53.8 Å². The number of rotatable bonds is 5. The van der Waals surface area contributed by atoms with E-state index in [0.29, 0.717) is 11.3 Å². The Kier molecular flexibility index (Phi) is 5.12. The number of nitrogens with zero attached hydrogens (tertiary/aromatic N) is 2. The van der Waals surface area contributed by atoms with E-state index in [2.05, 4.69) is 4.98 Å². The second-order valence-corrected chi connectivity index (χ2v) is 4.98. The molecule has 0 spiro atoms. The summed E-state index contributed by atoms with van der Waals surface area (Å²) in [6.07, 6.45) is -2.52. The number of hydrogen-bond acceptors (Lipinski definition) is 3. The van der Waals surface area contributed by atoms with E-state index in [4.69, 9.17) is 5.26 Å². The Morgan fingerprint density at radius 2 is 1.87 bits per heavy atom. The zero-order valence-electron chi connectivity index (χ0n) is 12.0. The second kappa shape index (κ2) is 7.05. The van der Waals surface area contributed by atoms with Crippen molar-refractivity contribution in [1.29, 1.82) is 5.26 Å². The van der Waals surface area contributed by atoms with Crippen molar-refractivity contribution < 1.29 is 18.0 Å². The average Bonchev–Trinajstić information content (AvgIpc) is 2.54. The van der Waals surface area contributed by atoms with Crippen molar-refractivity contribution in [2.45, 2.75) is 24.9 Å². The first-order valence-corrected chi connectivity index (χ1v) is 6.91. The summed E-state index contributed by atoms with van der Waals surface area (Å²) in [6, 6.07) is 11.6. The van der Waals surface area contributed by atoms with Crippen molar-refractivity contribution in [3.63, 3.8) is 0 Å². The van der Waals surface area contributed by atoms with Crippen molar-refractivity contribution in [3.8, 4) is 6.07 Å². The third kappa shape index (κ3) is 4.39. The molecule has 6 heteroatoms. The van der Waals surface area contributed by atoms with E-state index in [1.54, 1.807) is 18.2 Å². The fourth-order valence-electron chi connectivity index (χ4n) is 2.12. The van der Waals surface area contributed by atoms with Gasteiger partial charge in [-0.25, -0.2) is 0 Å². The molecule has 0 N–H and O–H groups in total. The summed E-state index contributed by atoms with van der Waals surface area (Å²) in [5.74, 6) is -1.25. The number of halogens is 3. The number of alkyl halides is 3. The molecule has 0 unspecified atom stereocenters. The molecular formula is C17H13F3N2O. The quantitative estimate of drug-likeness (QED) is 0.840. The van der Waals surface area contributed by atoms with Gasteiger partial charge in [0.1, 0.15) is 5.92 Å². The lowest BCUT2D eigenvalue weighted by Crippen LogP contribution is -2.13. The summed E-state index contributed by atoms with van der Waals surface area (Å²) in [4.78, 5) is 16.1. The van der Waals surface area contributed by atoms with E-state index in [9.17, 15) is 18.0 Å². The van der Waals surface area contributed by atoms with Crippen molar-refractivity contribution in [2.75, 3.05) is 0 Å². The van der Waals surface area contributed by atoms with Gasteiger partial charge >= 0.3 is 6.18 Å². The smallest absolute Gasteiger partial charge is 0.298 e. The first-order chi connectivity index (χ1) is 10.9. The van der Waals surface area contributed by atoms with Gasteiger partial charge in [0.25, 0.3) is 0 Å². The summed E-state index contributed by atoms with van der Waals surface area (Å²) >= 11 is 0. The van der Waals surface area contributed by atoms with E-state index < -0.39 is 17.7 Å². The largest absolute Gasteiger partial charge is 0.416 e. The molecule has 0 aliphatic rings. The van der Waals surface area contributed by atoms with Gasteiger partial charge in [-0.05, 0) is 36.2 Å². The van der Waals surface area contributed by atoms with Crippen LogP contribution in [0.5, 0.6) is 0 Å². The molecule has 1 atom stereocenters. The van der Waals surface area contributed by atoms with E-state index in [1.165, 1.54) is 18.3 Å². The monoisotopic (exact) mass is 318 g/mol. The molecule has 0 saturated carbocycles. The third-order valence-corrected chi connectivity index (χ3v) is 3.38. The van der Waals surface area contributed by atoms with Gasteiger partial charge in [0.15, 0.2) is 5.78 Å². The molecule has 0 aliphatic heterocycles. The minimum atomic E-state index is -4.38. The molecule has 1 heterocycles. The lowest BCUT2D eigenvalue weighted by molar-refractivity contribution is -0.137. The van der Waals surface area contributed by atoms with Gasteiger partial charge in [-0.1, -0.05) is 18.2 Å². The summed E-state index contributed by atoms with van der Waals surface area (Å²) in [7, 11) is 0. The number of aromatic nitrogens is 1. The highest BCUT2D eigenvalue weighted by atomic mass is 19.4. The minimum Gasteiger partial charge on any atom is -0.298 e. The number of benzene rings is 1. The average molecular weight is 318 g/mol. The predicted octanol–water partition coefficient (Wildman–Crippen LogP) is 3.91. The van der Waals surface area contributed by atoms with Gasteiger partial charge in [-0.15, -0.1) is 0 Å². The summed E-state index contributed by atoms with van der Waals surface area (Å²) in [6.45, 7) is 0. The molecular weight excluding hydrogens is 305 g/mol. The van der Waals surface area contributed by atoms with Crippen LogP contribution < -0.4 is 0 Å². The van der Waals surface area contributed by atoms with Crippen LogP contribution in [0.15, 0.2) is 48.7 Å². The molecule has 2 rings (SSSR count). The van der Waals surface area contributed by atoms with E-state index >= 15 is 0 Å². The zero-order chi connectivity index (χ0) is 16.9. The zero-order valence-corrected chi connectivity index (χ0v) is 12.0. The Bertz CT molecular complexity index is 703. The first kappa shape index (κ1) is 16.7. The summed E-state index contributed by atoms with van der Waals surface area (Å²) in [5, 5.41) is 9.14. The molecule has 23 heavy (non-hydrogen) atoms. The van der Waals surface area contributed by atoms with Crippen LogP contribution in [0.2, 0.25) is 0 Å². The molecule has 0 amide bonds. The Balaban J connectivity index is 2.00. The molecule has 0 bridgehead atoms. The van der Waals surface area contributed by atoms with Crippen molar-refractivity contribution in [2.24, 2.45) is 0 Å². The SMILES string of the molecule is N#C[C@H](C(=O)CCc1ccc(C(F)(F)F)cc1)c1ccccn1. The van der Waals surface area contributed by atoms with Gasteiger partial charge in [0.05, 0.1) is 17.3 Å². The lowest BCUT2D eigenvalue weighted by Gasteiger charge is -2.09. The van der Waals surface area contributed by atoms with Gasteiger partial charge in [-0.2, -0.15) is 18.4 Å². The summed E-state index contributed by atoms with van der Waals surface area (Å²) in [5.41, 5.74) is 0.271. The van der Waals surface area contributed by atoms with Crippen LogP contribution in [-0.4, -0.2) is 10.8 Å². The van der Waals surface area contributed by atoms with Crippen LogP contribution in [0.25, 0.3) is 0 Å². The van der Waals surface area contributed by atoms with Crippen LogP contribution in [0.4, 0.5) is 13.2 Å². The van der Waals surface area contributed by atoms with E-state index in [1.807, 2.05) is 6.07 Å². The molecule has 2 aromatic rings. The number of hydrogen-bond donors (Lipinski definition) is 0. The number of ketones is 1. The van der Waals surface area contributed by atoms with Gasteiger partial charge in [0.2, 0.25) is 0 Å². The fraction of sp³-hybridized carbons (Fsp3) is 0.235. The molecule has 1 aromatic heterocycles. The predicted molar refractivity (Wildman–Crippen MR) is 77.4 cm³/mol. The maximum Gasteiger partial charge on any atom is 0.416 e. The molecule has 3 nitrogen and oxygen atoms in total. The van der Waals surface area contributed by atoms with Gasteiger partial charge < -0.3 is 0 Å². The Morgan fingerprint density at radius 1 is 1.17 bits per heavy atom. The molecule has 0 saturated heterocycles. The maximum absolute atomic E-state index is 12.5. The van der Waals surface area contributed by atoms with Crippen molar-refractivity contribution in [3.05, 3.63) is 65.5 Å². The standard InChI is InChI=1S/C17H13F3N2O/c18-17(19,20)13-7-4-12(5-8-13)6-9-16(23)14(11-21)15-3-1-2-10-22-15/h1-5,7-8,10,14H,6,9H2/t14-/m0/s1. The first-order valence-electron chi connectivity index (χ1n) is 6.91. The fourth-order valence-corrected chi connectivity index (χ4v) is 2.12. The van der Waals surface area contributed by atoms with Crippen molar-refractivity contribution in [1.82, 2.24) is 4.98 Å². The Hall–Kier alpha value is -2.68. The number of pyridine rings is 1. The maximum atomic E-state index is 12.5. The number of nitriles is 1. The molecule has 0 fully saturated rings. The molecule has 0 radical (unpaired) electrons. The van der Waals surface area contributed by atoms with Crippen LogP contribution in [0.1, 0.15) is 29.2 Å². The molecule has 118 valence electrons. The van der Waals surface area contributed by atoms with Crippen LogP contribution in [-0.2, 0) is 17.4 Å². The van der Waals surface area contributed by atoms with Crippen LogP contribution in [0.3, 0.4) is 0 Å². The van der Waals surface area contributed by atoms with Crippen LogP contribution in [0, 0.1) is 11.3 Å². The highest BCUT2D eigenvalue weighted by Crippen LogP contribution is 2.29. The highest BCUT2D eigenvalue weighted by Gasteiger charge is 2.30. The molecule has 1 aromatic carbocycles. The van der Waals surface area contributed by atoms with Crippen LogP contribution >= 0.6 is 0 Å². The second-order valence-electron chi connectivity index (χ2n) is 4.98. The number of Topliss-reactive ketones (excluding diaryl/α,β-unsaturated/α-hetero) is 1. The lowest BCUT2D eigenvalue weighted by atomic mass is 9.95. The minimum absolute atomic E-state index is 0.0696. The number of carbonyl (C=O) groups excluding carboxylic acids is 1. The number of carbonyl (C=O) groups is 1. The van der Waals surface area contributed by atoms with E-state index in [-0.39, 0.29) is 18.6 Å². The highest BCUT2D eigenvalue weighted by molar-refractivity contribution is 5.88. The number of aryl methyl sites for hydroxylation is 1. The Morgan fingerprint density at radius 3 is 2.39 bits per heavy atom. The third-order valence-electron chi connectivity index (χ3n) is 3.38.